The van der Waals surface area contributed by atoms with Crippen LogP contribution < -0.4 is 4.74 Å². The minimum atomic E-state index is 0.563. The molecule has 5 heteroatoms. The average Bonchev–Trinajstić information content (AvgIpc) is 2.28. The van der Waals surface area contributed by atoms with E-state index in [9.17, 15) is 0 Å². The first-order chi connectivity index (χ1) is 8.08. The normalized spacial score (nSPS) is 10.4. The van der Waals surface area contributed by atoms with E-state index in [2.05, 4.69) is 52.8 Å². The molecule has 0 fully saturated rings. The molecule has 0 bridgehead atoms. The van der Waals surface area contributed by atoms with E-state index in [0.717, 1.165) is 24.7 Å². The fourth-order valence-corrected chi connectivity index (χ4v) is 2.69. The van der Waals surface area contributed by atoms with Crippen molar-refractivity contribution < 1.29 is 4.74 Å². The van der Waals surface area contributed by atoms with Gasteiger partial charge in [0.1, 0.15) is 5.75 Å². The molecule has 0 saturated heterocycles. The van der Waals surface area contributed by atoms with Crippen molar-refractivity contribution in [2.75, 3.05) is 0 Å². The summed E-state index contributed by atoms with van der Waals surface area (Å²) in [6, 6.07) is 7.65. The van der Waals surface area contributed by atoms with Gasteiger partial charge in [0.25, 0.3) is 0 Å². The summed E-state index contributed by atoms with van der Waals surface area (Å²) >= 11 is 10.3. The summed E-state index contributed by atoms with van der Waals surface area (Å²) < 4.78 is 8.49. The van der Waals surface area contributed by atoms with Gasteiger partial charge in [0.15, 0.2) is 0 Å². The van der Waals surface area contributed by atoms with E-state index in [1.165, 1.54) is 0 Å². The van der Waals surface area contributed by atoms with Crippen LogP contribution in [0.3, 0.4) is 0 Å². The second kappa shape index (κ2) is 5.50. The predicted octanol–water partition coefficient (Wildman–Crippen LogP) is 5.47. The van der Waals surface area contributed by atoms with Crippen LogP contribution in [-0.4, -0.2) is 4.98 Å². The van der Waals surface area contributed by atoms with Crippen LogP contribution in [0.2, 0.25) is 0 Å². The number of pyridine rings is 1. The van der Waals surface area contributed by atoms with Crippen molar-refractivity contribution in [3.05, 3.63) is 49.4 Å². The van der Waals surface area contributed by atoms with Crippen LogP contribution in [0.5, 0.6) is 11.6 Å². The predicted molar refractivity (Wildman–Crippen MR) is 78.6 cm³/mol. The van der Waals surface area contributed by atoms with Crippen molar-refractivity contribution in [3.63, 3.8) is 0 Å². The number of hydrogen-bond donors (Lipinski definition) is 0. The Bertz CT molecular complexity index is 557. The smallest absolute Gasteiger partial charge is 0.233 e. The number of benzene rings is 1. The number of aryl methyl sites for hydroxylation is 1. The molecule has 88 valence electrons. The van der Waals surface area contributed by atoms with Crippen molar-refractivity contribution in [1.29, 1.82) is 0 Å². The van der Waals surface area contributed by atoms with Gasteiger partial charge in [-0.3, -0.25) is 0 Å². The highest BCUT2D eigenvalue weighted by Crippen LogP contribution is 2.34. The molecule has 0 saturated carbocycles. The second-order valence-electron chi connectivity index (χ2n) is 3.42. The first kappa shape index (κ1) is 13.1. The van der Waals surface area contributed by atoms with Gasteiger partial charge >= 0.3 is 0 Å². The number of hydrogen-bond acceptors (Lipinski definition) is 2. The number of ether oxygens (including phenoxy) is 1. The molecule has 1 heterocycles. The third kappa shape index (κ3) is 3.09. The molecular formula is C12H8Br3NO. The average molecular weight is 422 g/mol. The molecule has 2 rings (SSSR count). The Morgan fingerprint density at radius 3 is 2.59 bits per heavy atom. The zero-order valence-electron chi connectivity index (χ0n) is 8.88. The number of nitrogens with zero attached hydrogens (tertiary/aromatic N) is 1. The lowest BCUT2D eigenvalue weighted by Gasteiger charge is -2.09. The molecule has 2 nitrogen and oxygen atoms in total. The molecule has 0 aliphatic rings. The van der Waals surface area contributed by atoms with Gasteiger partial charge in [0.05, 0.1) is 8.95 Å². The van der Waals surface area contributed by atoms with Crippen molar-refractivity contribution in [3.8, 4) is 11.6 Å². The summed E-state index contributed by atoms with van der Waals surface area (Å²) in [5, 5.41) is 0. The molecule has 0 unspecified atom stereocenters. The first-order valence-electron chi connectivity index (χ1n) is 4.82. The third-order valence-corrected chi connectivity index (χ3v) is 4.23. The number of rotatable bonds is 2. The van der Waals surface area contributed by atoms with E-state index >= 15 is 0 Å². The van der Waals surface area contributed by atoms with Gasteiger partial charge in [0.2, 0.25) is 5.88 Å². The van der Waals surface area contributed by atoms with Crippen molar-refractivity contribution in [1.82, 2.24) is 4.98 Å². The Labute approximate surface area is 125 Å². The van der Waals surface area contributed by atoms with Crippen LogP contribution in [0.25, 0.3) is 0 Å². The van der Waals surface area contributed by atoms with Gasteiger partial charge in [-0.25, -0.2) is 4.98 Å². The van der Waals surface area contributed by atoms with Crippen molar-refractivity contribution in [2.24, 2.45) is 0 Å². The minimum Gasteiger partial charge on any atom is -0.437 e. The quantitative estimate of drug-likeness (QED) is 0.641. The van der Waals surface area contributed by atoms with Crippen LogP contribution in [0.1, 0.15) is 5.56 Å². The SMILES string of the molecule is Cc1ccnc(Oc2ccc(Br)cc2Br)c1Br. The Morgan fingerprint density at radius 1 is 1.12 bits per heavy atom. The molecule has 1 aromatic heterocycles. The third-order valence-electron chi connectivity index (χ3n) is 2.15. The molecule has 0 aliphatic heterocycles. The van der Waals surface area contributed by atoms with Crippen LogP contribution in [0.15, 0.2) is 43.9 Å². The van der Waals surface area contributed by atoms with Gasteiger partial charge in [-0.2, -0.15) is 0 Å². The van der Waals surface area contributed by atoms with Crippen LogP contribution in [-0.2, 0) is 0 Å². The molecule has 0 N–H and O–H groups in total. The zero-order chi connectivity index (χ0) is 12.4. The second-order valence-corrected chi connectivity index (χ2v) is 5.99. The number of aromatic nitrogens is 1. The van der Waals surface area contributed by atoms with Crippen LogP contribution in [0.4, 0.5) is 0 Å². The van der Waals surface area contributed by atoms with E-state index in [1.807, 2.05) is 31.2 Å². The molecule has 2 aromatic rings. The maximum absolute atomic E-state index is 5.75. The van der Waals surface area contributed by atoms with E-state index < -0.39 is 0 Å². The highest BCUT2D eigenvalue weighted by Gasteiger charge is 2.09. The molecule has 0 radical (unpaired) electrons. The van der Waals surface area contributed by atoms with Gasteiger partial charge in [0, 0.05) is 10.7 Å². The van der Waals surface area contributed by atoms with Gasteiger partial charge < -0.3 is 4.74 Å². The molecule has 0 atom stereocenters. The fourth-order valence-electron chi connectivity index (χ4n) is 1.25. The Balaban J connectivity index is 2.35. The largest absolute Gasteiger partial charge is 0.437 e. The summed E-state index contributed by atoms with van der Waals surface area (Å²) in [5.41, 5.74) is 1.09. The number of halogens is 3. The summed E-state index contributed by atoms with van der Waals surface area (Å²) in [4.78, 5) is 4.20. The lowest BCUT2D eigenvalue weighted by atomic mass is 10.3. The van der Waals surface area contributed by atoms with E-state index in [0.29, 0.717) is 5.88 Å². The maximum Gasteiger partial charge on any atom is 0.233 e. The molecule has 1 aromatic carbocycles. The lowest BCUT2D eigenvalue weighted by Crippen LogP contribution is -1.91. The van der Waals surface area contributed by atoms with Crippen molar-refractivity contribution in [2.45, 2.75) is 6.92 Å². The minimum absolute atomic E-state index is 0.563. The van der Waals surface area contributed by atoms with E-state index in [1.54, 1.807) is 6.20 Å². The Hall–Kier alpha value is -0.390. The van der Waals surface area contributed by atoms with Gasteiger partial charge in [-0.1, -0.05) is 15.9 Å². The van der Waals surface area contributed by atoms with E-state index in [4.69, 9.17) is 4.74 Å². The van der Waals surface area contributed by atoms with E-state index in [-0.39, 0.29) is 0 Å². The molecular weight excluding hydrogens is 414 g/mol. The van der Waals surface area contributed by atoms with Gasteiger partial charge in [-0.15, -0.1) is 0 Å². The summed E-state index contributed by atoms with van der Waals surface area (Å²) in [5.74, 6) is 1.29. The highest BCUT2D eigenvalue weighted by molar-refractivity contribution is 9.11. The highest BCUT2D eigenvalue weighted by atomic mass is 79.9. The molecule has 0 aliphatic carbocycles. The summed E-state index contributed by atoms with van der Waals surface area (Å²) in [7, 11) is 0. The maximum atomic E-state index is 5.75. The van der Waals surface area contributed by atoms with Gasteiger partial charge in [-0.05, 0) is 68.6 Å². The summed E-state index contributed by atoms with van der Waals surface area (Å²) in [6.07, 6.45) is 1.72. The van der Waals surface area contributed by atoms with Crippen molar-refractivity contribution >= 4 is 47.8 Å². The monoisotopic (exact) mass is 419 g/mol. The first-order valence-corrected chi connectivity index (χ1v) is 7.20. The molecule has 0 amide bonds. The fraction of sp³-hybridized carbons (Fsp3) is 0.0833. The lowest BCUT2D eigenvalue weighted by molar-refractivity contribution is 0.456. The Kier molecular flexibility index (Phi) is 4.22. The zero-order valence-corrected chi connectivity index (χ0v) is 13.6. The topological polar surface area (TPSA) is 22.1 Å². The molecule has 17 heavy (non-hydrogen) atoms. The van der Waals surface area contributed by atoms with Crippen LogP contribution >= 0.6 is 47.8 Å². The standard InChI is InChI=1S/C12H8Br3NO/c1-7-4-5-16-12(11(7)15)17-10-3-2-8(13)6-9(10)14/h2-6H,1H3. The molecule has 0 spiro atoms. The Morgan fingerprint density at radius 2 is 1.88 bits per heavy atom. The summed E-state index contributed by atoms with van der Waals surface area (Å²) in [6.45, 7) is 2.00. The van der Waals surface area contributed by atoms with Crippen LogP contribution in [0, 0.1) is 6.92 Å².